The second kappa shape index (κ2) is 7.44. The molecule has 0 fully saturated rings. The summed E-state index contributed by atoms with van der Waals surface area (Å²) in [5.41, 5.74) is 4.71. The number of rotatable bonds is 2. The average Bonchev–Trinajstić information content (AvgIpc) is 2.73. The number of hydrogen-bond acceptors (Lipinski definition) is 1. The van der Waals surface area contributed by atoms with Gasteiger partial charge in [-0.1, -0.05) is 84.9 Å². The molecule has 1 heterocycles. The topological polar surface area (TPSA) is 12.9 Å². The predicted octanol–water partition coefficient (Wildman–Crippen LogP) is 6.72. The Morgan fingerprint density at radius 1 is 0.444 bits per heavy atom. The van der Waals surface area contributed by atoms with Crippen LogP contribution in [0.2, 0.25) is 0 Å². The molecule has 5 aromatic rings. The van der Waals surface area contributed by atoms with Crippen molar-refractivity contribution in [3.8, 4) is 22.4 Å². The third-order valence-corrected chi connectivity index (χ3v) is 4.94. The van der Waals surface area contributed by atoms with Gasteiger partial charge < -0.3 is 0 Å². The van der Waals surface area contributed by atoms with Crippen LogP contribution in [0.3, 0.4) is 0 Å². The van der Waals surface area contributed by atoms with Crippen LogP contribution in [0, 0.1) is 0 Å². The van der Waals surface area contributed by atoms with Gasteiger partial charge in [-0.15, -0.1) is 0 Å². The molecule has 0 unspecified atom stereocenters. The van der Waals surface area contributed by atoms with Crippen molar-refractivity contribution < 1.29 is 20.1 Å². The standard InChI is InChI=1S/C25H17N.Ir/c1-2-10-19-18(8-1)9-7-13-20(19)23-15-16-24(25-14-5-6-17-26-25)22-12-4-3-11-21(22)23;/h1-17H;. The van der Waals surface area contributed by atoms with Crippen LogP contribution in [-0.4, -0.2) is 4.98 Å². The zero-order valence-corrected chi connectivity index (χ0v) is 17.0. The fraction of sp³-hybridized carbons (Fsp3) is 0. The minimum Gasteiger partial charge on any atom is -0.256 e. The molecule has 0 atom stereocenters. The smallest absolute Gasteiger partial charge is 0.0708 e. The summed E-state index contributed by atoms with van der Waals surface area (Å²) in [7, 11) is 0. The van der Waals surface area contributed by atoms with Gasteiger partial charge in [0, 0.05) is 31.9 Å². The number of benzene rings is 4. The summed E-state index contributed by atoms with van der Waals surface area (Å²) in [6, 6.07) is 34.2. The molecule has 0 aliphatic rings. The number of nitrogens with zero attached hydrogens (tertiary/aromatic N) is 1. The molecule has 0 bridgehead atoms. The molecular weight excluding hydrogens is 506 g/mol. The fourth-order valence-corrected chi connectivity index (χ4v) is 3.74. The van der Waals surface area contributed by atoms with E-state index in [1.54, 1.807) is 0 Å². The van der Waals surface area contributed by atoms with E-state index in [1.807, 2.05) is 18.3 Å². The maximum atomic E-state index is 4.55. The van der Waals surface area contributed by atoms with Crippen molar-refractivity contribution in [2.75, 3.05) is 0 Å². The van der Waals surface area contributed by atoms with E-state index in [-0.39, 0.29) is 20.1 Å². The van der Waals surface area contributed by atoms with Crippen molar-refractivity contribution in [1.82, 2.24) is 4.98 Å². The van der Waals surface area contributed by atoms with Gasteiger partial charge in [0.05, 0.1) is 5.69 Å². The van der Waals surface area contributed by atoms with Gasteiger partial charge in [-0.2, -0.15) is 0 Å². The van der Waals surface area contributed by atoms with E-state index < -0.39 is 0 Å². The minimum atomic E-state index is 0. The van der Waals surface area contributed by atoms with Gasteiger partial charge in [-0.05, 0) is 44.8 Å². The summed E-state index contributed by atoms with van der Waals surface area (Å²) in [6.45, 7) is 0. The van der Waals surface area contributed by atoms with Gasteiger partial charge in [-0.25, -0.2) is 0 Å². The van der Waals surface area contributed by atoms with E-state index in [1.165, 1.54) is 38.2 Å². The molecule has 0 saturated heterocycles. The summed E-state index contributed by atoms with van der Waals surface area (Å²) in [4.78, 5) is 4.55. The number of fused-ring (bicyclic) bond motifs is 2. The summed E-state index contributed by atoms with van der Waals surface area (Å²) >= 11 is 0. The van der Waals surface area contributed by atoms with Crippen LogP contribution < -0.4 is 0 Å². The quantitative estimate of drug-likeness (QED) is 0.250. The first-order valence-corrected chi connectivity index (χ1v) is 8.83. The molecule has 2 heteroatoms. The molecule has 27 heavy (non-hydrogen) atoms. The van der Waals surface area contributed by atoms with E-state index in [4.69, 9.17) is 0 Å². The SMILES string of the molecule is [Ir].c1ccc(-c2ccc(-c3cccc4ccccc34)c3ccccc23)nc1. The Balaban J connectivity index is 0.00000180. The van der Waals surface area contributed by atoms with E-state index >= 15 is 0 Å². The van der Waals surface area contributed by atoms with Gasteiger partial charge >= 0.3 is 0 Å². The molecule has 0 spiro atoms. The Labute approximate surface area is 172 Å². The van der Waals surface area contributed by atoms with Crippen LogP contribution >= 0.6 is 0 Å². The molecule has 0 aliphatic heterocycles. The van der Waals surface area contributed by atoms with Gasteiger partial charge in [0.1, 0.15) is 0 Å². The van der Waals surface area contributed by atoms with Gasteiger partial charge in [-0.3, -0.25) is 4.98 Å². The Morgan fingerprint density at radius 2 is 1.04 bits per heavy atom. The van der Waals surface area contributed by atoms with Crippen LogP contribution in [0.1, 0.15) is 0 Å². The first kappa shape index (κ1) is 17.6. The van der Waals surface area contributed by atoms with Crippen LogP contribution in [0.4, 0.5) is 0 Å². The van der Waals surface area contributed by atoms with E-state index in [9.17, 15) is 0 Å². The van der Waals surface area contributed by atoms with Crippen molar-refractivity contribution in [1.29, 1.82) is 0 Å². The predicted molar refractivity (Wildman–Crippen MR) is 110 cm³/mol. The molecule has 1 nitrogen and oxygen atoms in total. The normalized spacial score (nSPS) is 10.7. The van der Waals surface area contributed by atoms with Gasteiger partial charge in [0.2, 0.25) is 0 Å². The summed E-state index contributed by atoms with van der Waals surface area (Å²) in [5, 5.41) is 5.04. The average molecular weight is 524 g/mol. The Morgan fingerprint density at radius 3 is 1.81 bits per heavy atom. The van der Waals surface area contributed by atoms with Crippen LogP contribution in [-0.2, 0) is 20.1 Å². The molecule has 5 rings (SSSR count). The second-order valence-electron chi connectivity index (χ2n) is 6.45. The third kappa shape index (κ3) is 3.08. The summed E-state index contributed by atoms with van der Waals surface area (Å²) in [6.07, 6.45) is 1.85. The van der Waals surface area contributed by atoms with Crippen molar-refractivity contribution in [2.24, 2.45) is 0 Å². The zero-order chi connectivity index (χ0) is 17.3. The molecule has 4 aromatic carbocycles. The van der Waals surface area contributed by atoms with E-state index in [0.717, 1.165) is 5.69 Å². The molecule has 1 radical (unpaired) electrons. The number of hydrogen-bond donors (Lipinski definition) is 0. The fourth-order valence-electron chi connectivity index (χ4n) is 3.74. The van der Waals surface area contributed by atoms with Crippen molar-refractivity contribution in [2.45, 2.75) is 0 Å². The monoisotopic (exact) mass is 524 g/mol. The molecule has 0 N–H and O–H groups in total. The van der Waals surface area contributed by atoms with Crippen LogP contribution in [0.5, 0.6) is 0 Å². The Kier molecular flexibility index (Phi) is 4.85. The molecule has 1 aromatic heterocycles. The van der Waals surface area contributed by atoms with Gasteiger partial charge in [0.15, 0.2) is 0 Å². The minimum absolute atomic E-state index is 0. The molecule has 0 aliphatic carbocycles. The first-order valence-electron chi connectivity index (χ1n) is 8.83. The largest absolute Gasteiger partial charge is 0.256 e. The van der Waals surface area contributed by atoms with E-state index in [2.05, 4.69) is 89.9 Å². The Hall–Kier alpha value is -2.80. The molecule has 0 amide bonds. The first-order chi connectivity index (χ1) is 12.9. The van der Waals surface area contributed by atoms with Crippen LogP contribution in [0.15, 0.2) is 103 Å². The molecular formula is C25H17IrN. The summed E-state index contributed by atoms with van der Waals surface area (Å²) < 4.78 is 0. The molecule has 0 saturated carbocycles. The van der Waals surface area contributed by atoms with Crippen molar-refractivity contribution in [3.05, 3.63) is 103 Å². The van der Waals surface area contributed by atoms with Gasteiger partial charge in [0.25, 0.3) is 0 Å². The van der Waals surface area contributed by atoms with Crippen molar-refractivity contribution in [3.63, 3.8) is 0 Å². The summed E-state index contributed by atoms with van der Waals surface area (Å²) in [5.74, 6) is 0. The van der Waals surface area contributed by atoms with E-state index in [0.29, 0.717) is 0 Å². The maximum Gasteiger partial charge on any atom is 0.0708 e. The van der Waals surface area contributed by atoms with Crippen molar-refractivity contribution >= 4 is 21.5 Å². The number of aromatic nitrogens is 1. The molecule has 131 valence electrons. The van der Waals surface area contributed by atoms with Crippen LogP contribution in [0.25, 0.3) is 43.9 Å². The second-order valence-corrected chi connectivity index (χ2v) is 6.45. The third-order valence-electron chi connectivity index (χ3n) is 4.94. The Bertz CT molecular complexity index is 1220. The number of pyridine rings is 1. The zero-order valence-electron chi connectivity index (χ0n) is 14.6. The maximum absolute atomic E-state index is 4.55.